The first kappa shape index (κ1) is 17.7. The first-order valence-corrected chi connectivity index (χ1v) is 9.45. The topological polar surface area (TPSA) is 61.8 Å². The van der Waals surface area contributed by atoms with Crippen molar-refractivity contribution in [3.63, 3.8) is 0 Å². The number of nitrogens with zero attached hydrogens (tertiary/aromatic N) is 2. The van der Waals surface area contributed by atoms with Crippen LogP contribution < -0.4 is 10.2 Å². The lowest BCUT2D eigenvalue weighted by Gasteiger charge is -2.24. The zero-order valence-electron chi connectivity index (χ0n) is 15.0. The van der Waals surface area contributed by atoms with Gasteiger partial charge in [-0.15, -0.1) is 0 Å². The average molecular weight is 382 g/mol. The van der Waals surface area contributed by atoms with E-state index in [2.05, 4.69) is 5.32 Å². The van der Waals surface area contributed by atoms with Crippen LogP contribution in [0.15, 0.2) is 47.5 Å². The van der Waals surface area contributed by atoms with E-state index >= 15 is 0 Å². The smallest absolute Gasteiger partial charge is 0.244 e. The van der Waals surface area contributed by atoms with Crippen LogP contribution in [0.1, 0.15) is 24.8 Å². The Labute approximate surface area is 163 Å². The van der Waals surface area contributed by atoms with Crippen LogP contribution in [0.4, 0.5) is 17.1 Å². The van der Waals surface area contributed by atoms with Crippen molar-refractivity contribution >= 4 is 46.2 Å². The maximum Gasteiger partial charge on any atom is 0.244 e. The molecule has 1 aliphatic carbocycles. The third-order valence-electron chi connectivity index (χ3n) is 5.17. The highest BCUT2D eigenvalue weighted by Crippen LogP contribution is 2.37. The van der Waals surface area contributed by atoms with E-state index in [0.29, 0.717) is 16.4 Å². The van der Waals surface area contributed by atoms with Crippen molar-refractivity contribution in [3.05, 3.63) is 53.1 Å². The molecular weight excluding hydrogens is 362 g/mol. The van der Waals surface area contributed by atoms with Gasteiger partial charge in [-0.25, -0.2) is 0 Å². The van der Waals surface area contributed by atoms with Crippen molar-refractivity contribution in [2.45, 2.75) is 26.2 Å². The van der Waals surface area contributed by atoms with E-state index in [0.717, 1.165) is 36.2 Å². The molecule has 1 saturated carbocycles. The van der Waals surface area contributed by atoms with Gasteiger partial charge in [0.1, 0.15) is 6.54 Å². The minimum atomic E-state index is -0.259. The molecule has 1 unspecified atom stereocenters. The number of carbonyl (C=O) groups excluding carboxylic acids is 2. The highest BCUT2D eigenvalue weighted by molar-refractivity contribution is 6.31. The van der Waals surface area contributed by atoms with Gasteiger partial charge in [0.05, 0.1) is 17.3 Å². The lowest BCUT2D eigenvalue weighted by atomic mass is 10.1. The Bertz CT molecular complexity index is 954. The van der Waals surface area contributed by atoms with E-state index in [4.69, 9.17) is 16.6 Å². The number of carbonyl (C=O) groups is 2. The molecule has 5 nitrogen and oxygen atoms in total. The zero-order valence-corrected chi connectivity index (χ0v) is 15.8. The number of rotatable bonds is 3. The van der Waals surface area contributed by atoms with Gasteiger partial charge in [-0.3, -0.25) is 14.6 Å². The Balaban J connectivity index is 1.62. The standard InChI is InChI=1S/C21H20ClN3O2/c1-13-15(22)7-5-9-16(13)24-20(26)12-25-19-11-3-2-8-18(19)23-17-10-4-6-14(17)21(25)27/h2-3,5,7-9,11,14H,4,6,10,12H2,1H3,(H,24,26). The summed E-state index contributed by atoms with van der Waals surface area (Å²) in [7, 11) is 0. The van der Waals surface area contributed by atoms with Gasteiger partial charge in [0, 0.05) is 16.4 Å². The number of fused-ring (bicyclic) bond motifs is 2. The Morgan fingerprint density at radius 3 is 2.93 bits per heavy atom. The normalized spacial score (nSPS) is 18.4. The highest BCUT2D eigenvalue weighted by Gasteiger charge is 2.37. The molecule has 2 aromatic rings. The molecule has 0 aromatic heterocycles. The van der Waals surface area contributed by atoms with Gasteiger partial charge in [0.25, 0.3) is 0 Å². The SMILES string of the molecule is Cc1c(Cl)cccc1NC(=O)CN1C(=O)C2CCCC2=Nc2ccccc21. The average Bonchev–Trinajstić information content (AvgIpc) is 3.08. The van der Waals surface area contributed by atoms with E-state index in [-0.39, 0.29) is 24.3 Å². The Morgan fingerprint density at radius 2 is 2.07 bits per heavy atom. The largest absolute Gasteiger partial charge is 0.324 e. The molecule has 2 aliphatic rings. The van der Waals surface area contributed by atoms with E-state index in [1.807, 2.05) is 31.2 Å². The van der Waals surface area contributed by atoms with Gasteiger partial charge in [-0.1, -0.05) is 29.8 Å². The molecule has 0 radical (unpaired) electrons. The molecule has 6 heteroatoms. The number of amides is 2. The quantitative estimate of drug-likeness (QED) is 0.850. The van der Waals surface area contributed by atoms with Crippen LogP contribution in [0.25, 0.3) is 0 Å². The summed E-state index contributed by atoms with van der Waals surface area (Å²) in [5.41, 5.74) is 3.82. The van der Waals surface area contributed by atoms with Gasteiger partial charge in [-0.05, 0) is 56.0 Å². The second-order valence-corrected chi connectivity index (χ2v) is 7.33. The van der Waals surface area contributed by atoms with Crippen LogP contribution >= 0.6 is 11.6 Å². The molecule has 1 atom stereocenters. The van der Waals surface area contributed by atoms with Gasteiger partial charge >= 0.3 is 0 Å². The number of benzene rings is 2. The van der Waals surface area contributed by atoms with E-state index < -0.39 is 0 Å². The van der Waals surface area contributed by atoms with Crippen LogP contribution in [0, 0.1) is 12.8 Å². The second kappa shape index (κ2) is 7.16. The predicted octanol–water partition coefficient (Wildman–Crippen LogP) is 4.51. The highest BCUT2D eigenvalue weighted by atomic mass is 35.5. The molecule has 4 rings (SSSR count). The molecule has 1 aliphatic heterocycles. The van der Waals surface area contributed by atoms with E-state index in [1.165, 1.54) is 0 Å². The third-order valence-corrected chi connectivity index (χ3v) is 5.58. The van der Waals surface area contributed by atoms with Crippen molar-refractivity contribution in [2.75, 3.05) is 16.8 Å². The number of hydrogen-bond donors (Lipinski definition) is 1. The Kier molecular flexibility index (Phi) is 4.70. The summed E-state index contributed by atoms with van der Waals surface area (Å²) >= 11 is 6.13. The van der Waals surface area contributed by atoms with Crippen molar-refractivity contribution in [3.8, 4) is 0 Å². The molecular formula is C21H20ClN3O2. The summed E-state index contributed by atoms with van der Waals surface area (Å²) in [6.45, 7) is 1.80. The lowest BCUT2D eigenvalue weighted by Crippen LogP contribution is -2.41. The number of nitrogens with one attached hydrogen (secondary N) is 1. The molecule has 1 fully saturated rings. The van der Waals surface area contributed by atoms with E-state index in [9.17, 15) is 9.59 Å². The fourth-order valence-corrected chi connectivity index (χ4v) is 3.89. The van der Waals surface area contributed by atoms with Gasteiger partial charge in [-0.2, -0.15) is 0 Å². The number of hydrogen-bond acceptors (Lipinski definition) is 3. The fraction of sp³-hybridized carbons (Fsp3) is 0.286. The number of anilines is 2. The molecule has 0 spiro atoms. The molecule has 2 amide bonds. The molecule has 138 valence electrons. The summed E-state index contributed by atoms with van der Waals surface area (Å²) in [6.07, 6.45) is 2.59. The first-order valence-electron chi connectivity index (χ1n) is 9.07. The number of aliphatic imine (C=N–C) groups is 1. The minimum absolute atomic E-state index is 0.0471. The first-order chi connectivity index (χ1) is 13.0. The van der Waals surface area contributed by atoms with Crippen molar-refractivity contribution in [1.29, 1.82) is 0 Å². The maximum atomic E-state index is 13.1. The van der Waals surface area contributed by atoms with Crippen LogP contribution in [0.2, 0.25) is 5.02 Å². The fourth-order valence-electron chi connectivity index (χ4n) is 3.72. The predicted molar refractivity (Wildman–Crippen MR) is 108 cm³/mol. The Hall–Kier alpha value is -2.66. The maximum absolute atomic E-state index is 13.1. The lowest BCUT2D eigenvalue weighted by molar-refractivity contribution is -0.122. The van der Waals surface area contributed by atoms with Gasteiger partial charge < -0.3 is 10.2 Å². The third kappa shape index (κ3) is 3.35. The van der Waals surface area contributed by atoms with Crippen LogP contribution in [-0.4, -0.2) is 24.1 Å². The molecule has 2 aromatic carbocycles. The van der Waals surface area contributed by atoms with Gasteiger partial charge in [0.2, 0.25) is 11.8 Å². The molecule has 1 N–H and O–H groups in total. The molecule has 1 heterocycles. The monoisotopic (exact) mass is 381 g/mol. The number of halogens is 1. The van der Waals surface area contributed by atoms with Crippen molar-refractivity contribution < 1.29 is 9.59 Å². The molecule has 0 bridgehead atoms. The summed E-state index contributed by atoms with van der Waals surface area (Å²) in [5, 5.41) is 3.47. The second-order valence-electron chi connectivity index (χ2n) is 6.92. The zero-order chi connectivity index (χ0) is 19.0. The summed E-state index contributed by atoms with van der Waals surface area (Å²) in [5.74, 6) is -0.530. The molecule has 0 saturated heterocycles. The Morgan fingerprint density at radius 1 is 1.26 bits per heavy atom. The van der Waals surface area contributed by atoms with Gasteiger partial charge in [0.15, 0.2) is 0 Å². The van der Waals surface area contributed by atoms with Crippen molar-refractivity contribution in [2.24, 2.45) is 10.9 Å². The van der Waals surface area contributed by atoms with E-state index in [1.54, 1.807) is 23.1 Å². The van der Waals surface area contributed by atoms with Crippen LogP contribution in [0.5, 0.6) is 0 Å². The van der Waals surface area contributed by atoms with Crippen molar-refractivity contribution in [1.82, 2.24) is 0 Å². The summed E-state index contributed by atoms with van der Waals surface area (Å²) < 4.78 is 0. The summed E-state index contributed by atoms with van der Waals surface area (Å²) in [6, 6.07) is 12.9. The minimum Gasteiger partial charge on any atom is -0.324 e. The number of para-hydroxylation sites is 2. The molecule has 27 heavy (non-hydrogen) atoms. The van der Waals surface area contributed by atoms with Crippen LogP contribution in [0.3, 0.4) is 0 Å². The summed E-state index contributed by atoms with van der Waals surface area (Å²) in [4.78, 5) is 32.2. The van der Waals surface area contributed by atoms with Crippen LogP contribution in [-0.2, 0) is 9.59 Å².